The van der Waals surface area contributed by atoms with Crippen molar-refractivity contribution in [1.82, 2.24) is 24.4 Å². The highest BCUT2D eigenvalue weighted by atomic mass is 19.3. The number of hydrogen-bond acceptors (Lipinski definition) is 8. The van der Waals surface area contributed by atoms with E-state index in [-0.39, 0.29) is 53.7 Å². The first-order valence-corrected chi connectivity index (χ1v) is 16.6. The average molecular weight is 697 g/mol. The minimum Gasteiger partial charge on any atom is -0.486 e. The molecule has 2 aliphatic heterocycles. The van der Waals surface area contributed by atoms with E-state index in [1.165, 1.54) is 22.9 Å². The lowest BCUT2D eigenvalue weighted by atomic mass is 9.99. The number of carbonyl (C=O) groups is 1. The van der Waals surface area contributed by atoms with Crippen molar-refractivity contribution in [3.8, 4) is 22.7 Å². The first kappa shape index (κ1) is 35.1. The molecule has 266 valence electrons. The normalized spacial score (nSPS) is 19.3. The number of halogens is 4. The molecule has 2 atom stereocenters. The van der Waals surface area contributed by atoms with E-state index in [1.807, 2.05) is 27.7 Å². The lowest BCUT2D eigenvalue weighted by Crippen LogP contribution is -2.59. The fraction of sp³-hybridized carbons (Fsp3) is 0.472. The molecule has 3 aromatic heterocycles. The Hall–Kier alpha value is -4.75. The van der Waals surface area contributed by atoms with Crippen LogP contribution < -0.4 is 15.3 Å². The molecule has 0 spiro atoms. The molecule has 1 amide bonds. The standard InChI is InChI=1S/C36H40F4N6O4/c1-19(2)28-30-22(12-14-41-28)11-13-36(39,40)18-49-26-10-8-9-24(37)27(26)29-25(38)15-23-31(43-33(47)46(30)32(23)42-29)44-16-21(4)45(17-20(44)3)34(48)50-35(5,6)7/h8-10,12,14-15,19-21H,11,13,16-18H2,1-7H3/t20-,21+/m0/s1. The zero-order chi connectivity index (χ0) is 36.3. The number of pyridine rings is 2. The van der Waals surface area contributed by atoms with Crippen molar-refractivity contribution >= 4 is 22.9 Å². The highest BCUT2D eigenvalue weighted by Crippen LogP contribution is 2.39. The SMILES string of the molecule is CC(C)c1nccc2c1-n1c(=O)nc(N3C[C@@H](C)N(C(=O)OC(C)(C)C)C[C@@H]3C)c3cc(F)c(nc31)-c1c(F)cccc1OCC(F)(F)CC2. The largest absolute Gasteiger partial charge is 0.486 e. The number of benzene rings is 1. The highest BCUT2D eigenvalue weighted by molar-refractivity contribution is 5.91. The number of hydrogen-bond donors (Lipinski definition) is 0. The maximum atomic E-state index is 16.4. The van der Waals surface area contributed by atoms with Gasteiger partial charge in [0, 0.05) is 37.8 Å². The van der Waals surface area contributed by atoms with Crippen LogP contribution in [-0.2, 0) is 11.2 Å². The molecule has 0 N–H and O–H groups in total. The van der Waals surface area contributed by atoms with Crippen LogP contribution in [0, 0.1) is 11.6 Å². The van der Waals surface area contributed by atoms with Crippen LogP contribution in [0.2, 0.25) is 0 Å². The van der Waals surface area contributed by atoms with Crippen LogP contribution in [0.1, 0.15) is 72.1 Å². The van der Waals surface area contributed by atoms with Gasteiger partial charge in [-0.15, -0.1) is 0 Å². The number of alkyl halides is 2. The minimum absolute atomic E-state index is 0.0674. The van der Waals surface area contributed by atoms with Crippen LogP contribution in [0.15, 0.2) is 41.3 Å². The Morgan fingerprint density at radius 1 is 1.06 bits per heavy atom. The summed E-state index contributed by atoms with van der Waals surface area (Å²) in [5.41, 5.74) is -1.56. The summed E-state index contributed by atoms with van der Waals surface area (Å²) in [6, 6.07) is 5.49. The summed E-state index contributed by atoms with van der Waals surface area (Å²) in [5.74, 6) is -5.77. The number of piperazine rings is 1. The number of fused-ring (bicyclic) bond motifs is 5. The topological polar surface area (TPSA) is 103 Å². The van der Waals surface area contributed by atoms with E-state index in [2.05, 4.69) is 15.0 Å². The molecule has 0 radical (unpaired) electrons. The summed E-state index contributed by atoms with van der Waals surface area (Å²) in [5, 5.41) is 0.124. The van der Waals surface area contributed by atoms with Gasteiger partial charge in [-0.25, -0.2) is 36.7 Å². The van der Waals surface area contributed by atoms with Gasteiger partial charge in [0.15, 0.2) is 18.1 Å². The van der Waals surface area contributed by atoms with Crippen molar-refractivity contribution in [2.45, 2.75) is 90.8 Å². The number of aromatic nitrogens is 4. The van der Waals surface area contributed by atoms with Gasteiger partial charge in [0.05, 0.1) is 22.3 Å². The third kappa shape index (κ3) is 6.59. The first-order valence-electron chi connectivity index (χ1n) is 16.6. The van der Waals surface area contributed by atoms with Gasteiger partial charge in [-0.05, 0) is 76.8 Å². The van der Waals surface area contributed by atoms with E-state index in [9.17, 15) is 9.59 Å². The number of rotatable bonds is 2. The summed E-state index contributed by atoms with van der Waals surface area (Å²) in [6.45, 7) is 12.0. The molecule has 6 rings (SSSR count). The third-order valence-corrected chi connectivity index (χ3v) is 8.91. The Balaban J connectivity index is 1.63. The zero-order valence-electron chi connectivity index (χ0n) is 29.1. The van der Waals surface area contributed by atoms with Crippen LogP contribution in [-0.4, -0.2) is 73.8 Å². The van der Waals surface area contributed by atoms with Crippen LogP contribution in [0.25, 0.3) is 28.0 Å². The molecule has 2 bridgehead atoms. The van der Waals surface area contributed by atoms with Gasteiger partial charge in [0.1, 0.15) is 28.7 Å². The molecule has 0 aliphatic carbocycles. The molecule has 2 aliphatic rings. The Labute approximate surface area is 287 Å². The maximum Gasteiger partial charge on any atom is 0.410 e. The van der Waals surface area contributed by atoms with E-state index in [0.29, 0.717) is 11.3 Å². The van der Waals surface area contributed by atoms with Crippen molar-refractivity contribution in [2.75, 3.05) is 24.6 Å². The summed E-state index contributed by atoms with van der Waals surface area (Å²) in [4.78, 5) is 44.4. The van der Waals surface area contributed by atoms with Gasteiger partial charge in [0.25, 0.3) is 5.92 Å². The zero-order valence-corrected chi connectivity index (χ0v) is 29.1. The highest BCUT2D eigenvalue weighted by Gasteiger charge is 2.38. The summed E-state index contributed by atoms with van der Waals surface area (Å²) in [7, 11) is 0. The van der Waals surface area contributed by atoms with Gasteiger partial charge >= 0.3 is 11.8 Å². The lowest BCUT2D eigenvalue weighted by molar-refractivity contribution is -0.0472. The van der Waals surface area contributed by atoms with Crippen molar-refractivity contribution < 1.29 is 31.8 Å². The van der Waals surface area contributed by atoms with Crippen molar-refractivity contribution in [3.63, 3.8) is 0 Å². The fourth-order valence-corrected chi connectivity index (χ4v) is 6.52. The minimum atomic E-state index is -3.36. The van der Waals surface area contributed by atoms with E-state index < -0.39 is 71.3 Å². The van der Waals surface area contributed by atoms with Gasteiger partial charge < -0.3 is 19.3 Å². The van der Waals surface area contributed by atoms with Crippen molar-refractivity contribution in [1.29, 1.82) is 0 Å². The smallest absolute Gasteiger partial charge is 0.410 e. The van der Waals surface area contributed by atoms with E-state index in [0.717, 1.165) is 12.1 Å². The summed E-state index contributed by atoms with van der Waals surface area (Å²) in [6.07, 6.45) is 0.173. The number of amides is 1. The molecule has 5 heterocycles. The number of carbonyl (C=O) groups excluding carboxylic acids is 1. The van der Waals surface area contributed by atoms with Crippen LogP contribution in [0.3, 0.4) is 0 Å². The van der Waals surface area contributed by atoms with Gasteiger partial charge in [0.2, 0.25) is 0 Å². The summed E-state index contributed by atoms with van der Waals surface area (Å²) >= 11 is 0. The Bertz CT molecular complexity index is 2030. The van der Waals surface area contributed by atoms with E-state index in [4.69, 9.17) is 9.47 Å². The van der Waals surface area contributed by atoms with Gasteiger partial charge in [-0.1, -0.05) is 19.9 Å². The Kier molecular flexibility index (Phi) is 9.02. The molecule has 1 aromatic carbocycles. The van der Waals surface area contributed by atoms with Gasteiger partial charge in [-0.3, -0.25) is 4.98 Å². The molecule has 50 heavy (non-hydrogen) atoms. The number of nitrogens with zero attached hydrogens (tertiary/aromatic N) is 6. The Morgan fingerprint density at radius 3 is 2.50 bits per heavy atom. The molecule has 0 unspecified atom stereocenters. The number of aryl methyl sites for hydroxylation is 1. The van der Waals surface area contributed by atoms with E-state index in [1.54, 1.807) is 36.6 Å². The molecular formula is C36H40F4N6O4. The predicted molar refractivity (Wildman–Crippen MR) is 180 cm³/mol. The number of anilines is 1. The summed E-state index contributed by atoms with van der Waals surface area (Å²) < 4.78 is 74.8. The second-order valence-electron chi connectivity index (χ2n) is 14.3. The molecule has 1 saturated heterocycles. The van der Waals surface area contributed by atoms with E-state index >= 15 is 17.6 Å². The average Bonchev–Trinajstić information content (AvgIpc) is 3.03. The van der Waals surface area contributed by atoms with Crippen LogP contribution >= 0.6 is 0 Å². The molecule has 14 heteroatoms. The van der Waals surface area contributed by atoms with Crippen LogP contribution in [0.4, 0.5) is 28.2 Å². The van der Waals surface area contributed by atoms with Crippen molar-refractivity contribution in [3.05, 3.63) is 69.9 Å². The first-order chi connectivity index (χ1) is 23.5. The Morgan fingerprint density at radius 2 is 1.80 bits per heavy atom. The molecule has 1 fully saturated rings. The second-order valence-corrected chi connectivity index (χ2v) is 14.3. The quantitative estimate of drug-likeness (QED) is 0.206. The van der Waals surface area contributed by atoms with Gasteiger partial charge in [-0.2, -0.15) is 4.98 Å². The molecule has 10 nitrogen and oxygen atoms in total. The monoisotopic (exact) mass is 696 g/mol. The molecule has 4 aromatic rings. The third-order valence-electron chi connectivity index (χ3n) is 8.91. The van der Waals surface area contributed by atoms with Crippen molar-refractivity contribution in [2.24, 2.45) is 0 Å². The maximum absolute atomic E-state index is 16.4. The molecular weight excluding hydrogens is 656 g/mol. The molecule has 0 saturated carbocycles. The lowest BCUT2D eigenvalue weighted by Gasteiger charge is -2.44. The predicted octanol–water partition coefficient (Wildman–Crippen LogP) is 7.04. The second kappa shape index (κ2) is 12.9. The fourth-order valence-electron chi connectivity index (χ4n) is 6.52. The van der Waals surface area contributed by atoms with Crippen LogP contribution in [0.5, 0.6) is 5.75 Å². The number of ether oxygens (including phenoxy) is 2.